The number of alkyl halides is 2. The van der Waals surface area contributed by atoms with Crippen LogP contribution in [-0.4, -0.2) is 50.7 Å². The number of hydrogen-bond acceptors (Lipinski definition) is 8. The number of aromatic nitrogens is 5. The van der Waals surface area contributed by atoms with Crippen LogP contribution in [0.4, 0.5) is 14.6 Å². The largest absolute Gasteiger partial charge is 0.470 e. The number of nitrogens with one attached hydrogen (secondary N) is 1. The van der Waals surface area contributed by atoms with Gasteiger partial charge in [-0.25, -0.2) is 13.5 Å². The Morgan fingerprint density at radius 1 is 1.16 bits per heavy atom. The zero-order valence-corrected chi connectivity index (χ0v) is 16.1. The Bertz CT molecular complexity index is 1110. The molecule has 1 N–H and O–H groups in total. The summed E-state index contributed by atoms with van der Waals surface area (Å²) in [4.78, 5) is 13.3. The summed E-state index contributed by atoms with van der Waals surface area (Å²) in [6.45, 7) is 1.27. The molecule has 158 valence electrons. The van der Waals surface area contributed by atoms with Crippen LogP contribution in [0.1, 0.15) is 23.4 Å². The van der Waals surface area contributed by atoms with E-state index >= 15 is 0 Å². The minimum Gasteiger partial charge on any atom is -0.470 e. The lowest BCUT2D eigenvalue weighted by molar-refractivity contribution is -0.120. The Balaban J connectivity index is 1.49. The SMILES string of the molecule is N#Cc1nnn(-c2ccc(C(F)F)cc2)c1COc1ccc(N2CCNC(=O)C2)nn1. The van der Waals surface area contributed by atoms with Crippen LogP contribution < -0.4 is 15.0 Å². The van der Waals surface area contributed by atoms with Crippen LogP contribution >= 0.6 is 0 Å². The van der Waals surface area contributed by atoms with E-state index in [-0.39, 0.29) is 36.2 Å². The van der Waals surface area contributed by atoms with Gasteiger partial charge in [-0.2, -0.15) is 5.26 Å². The Morgan fingerprint density at radius 2 is 1.97 bits per heavy atom. The molecule has 0 saturated carbocycles. The van der Waals surface area contributed by atoms with Gasteiger partial charge in [-0.05, 0) is 18.2 Å². The molecule has 0 bridgehead atoms. The van der Waals surface area contributed by atoms with Gasteiger partial charge in [-0.15, -0.1) is 15.3 Å². The van der Waals surface area contributed by atoms with Crippen LogP contribution in [-0.2, 0) is 11.4 Å². The summed E-state index contributed by atoms with van der Waals surface area (Å²) in [5.74, 6) is 0.667. The van der Waals surface area contributed by atoms with Crippen molar-refractivity contribution in [3.05, 3.63) is 53.3 Å². The van der Waals surface area contributed by atoms with Gasteiger partial charge >= 0.3 is 0 Å². The maximum absolute atomic E-state index is 12.8. The van der Waals surface area contributed by atoms with E-state index in [0.29, 0.717) is 30.3 Å². The summed E-state index contributed by atoms with van der Waals surface area (Å²) >= 11 is 0. The lowest BCUT2D eigenvalue weighted by atomic mass is 10.2. The van der Waals surface area contributed by atoms with Crippen LogP contribution in [0.2, 0.25) is 0 Å². The molecule has 31 heavy (non-hydrogen) atoms. The molecule has 1 fully saturated rings. The first-order valence-corrected chi connectivity index (χ1v) is 9.26. The van der Waals surface area contributed by atoms with Gasteiger partial charge in [0, 0.05) is 24.7 Å². The second-order valence-corrected chi connectivity index (χ2v) is 6.59. The number of ether oxygens (including phenoxy) is 1. The summed E-state index contributed by atoms with van der Waals surface area (Å²) in [6.07, 6.45) is -2.58. The first kappa shape index (κ1) is 20.1. The predicted octanol–water partition coefficient (Wildman–Crippen LogP) is 1.38. The Hall–Kier alpha value is -4.14. The second-order valence-electron chi connectivity index (χ2n) is 6.59. The van der Waals surface area contributed by atoms with Gasteiger partial charge < -0.3 is 15.0 Å². The van der Waals surface area contributed by atoms with Crippen LogP contribution in [0.25, 0.3) is 5.69 Å². The highest BCUT2D eigenvalue weighted by Crippen LogP contribution is 2.22. The fourth-order valence-corrected chi connectivity index (χ4v) is 3.02. The van der Waals surface area contributed by atoms with Gasteiger partial charge in [0.15, 0.2) is 11.5 Å². The maximum Gasteiger partial charge on any atom is 0.263 e. The number of piperazine rings is 1. The van der Waals surface area contributed by atoms with E-state index < -0.39 is 6.43 Å². The summed E-state index contributed by atoms with van der Waals surface area (Å²) < 4.78 is 32.5. The highest BCUT2D eigenvalue weighted by molar-refractivity contribution is 5.82. The van der Waals surface area contributed by atoms with E-state index in [9.17, 15) is 18.8 Å². The van der Waals surface area contributed by atoms with E-state index in [1.807, 2.05) is 6.07 Å². The van der Waals surface area contributed by atoms with Crippen LogP contribution in [0, 0.1) is 11.3 Å². The second kappa shape index (κ2) is 8.70. The molecule has 0 aliphatic carbocycles. The lowest BCUT2D eigenvalue weighted by Gasteiger charge is -2.26. The summed E-state index contributed by atoms with van der Waals surface area (Å²) in [6, 6.07) is 10.7. The van der Waals surface area contributed by atoms with Crippen LogP contribution in [0.5, 0.6) is 5.88 Å². The number of hydrogen-bond donors (Lipinski definition) is 1. The van der Waals surface area contributed by atoms with Gasteiger partial charge in [0.25, 0.3) is 6.43 Å². The molecule has 3 aromatic rings. The molecule has 1 aromatic carbocycles. The van der Waals surface area contributed by atoms with Gasteiger partial charge in [0.05, 0.1) is 12.2 Å². The maximum atomic E-state index is 12.8. The third-order valence-corrected chi connectivity index (χ3v) is 4.60. The summed E-state index contributed by atoms with van der Waals surface area (Å²) in [7, 11) is 0. The number of carbonyl (C=O) groups is 1. The highest BCUT2D eigenvalue weighted by atomic mass is 19.3. The fourth-order valence-electron chi connectivity index (χ4n) is 3.02. The highest BCUT2D eigenvalue weighted by Gasteiger charge is 2.19. The van der Waals surface area contributed by atoms with Gasteiger partial charge in [0.2, 0.25) is 11.8 Å². The van der Waals surface area contributed by atoms with Crippen molar-refractivity contribution >= 4 is 11.7 Å². The van der Waals surface area contributed by atoms with Crippen molar-refractivity contribution in [3.63, 3.8) is 0 Å². The fraction of sp³-hybridized carbons (Fsp3) is 0.263. The number of carbonyl (C=O) groups excluding carboxylic acids is 1. The molecular formula is C19H16F2N8O2. The number of anilines is 1. The van der Waals surface area contributed by atoms with Crippen molar-refractivity contribution in [2.45, 2.75) is 13.0 Å². The zero-order chi connectivity index (χ0) is 21.8. The molecule has 2 aromatic heterocycles. The topological polar surface area (TPSA) is 122 Å². The number of amides is 1. The van der Waals surface area contributed by atoms with Crippen LogP contribution in [0.3, 0.4) is 0 Å². The third-order valence-electron chi connectivity index (χ3n) is 4.60. The number of halogens is 2. The zero-order valence-electron chi connectivity index (χ0n) is 16.1. The van der Waals surface area contributed by atoms with Crippen molar-refractivity contribution in [2.24, 2.45) is 0 Å². The minimum absolute atomic E-state index is 0.0434. The monoisotopic (exact) mass is 426 g/mol. The predicted molar refractivity (Wildman–Crippen MR) is 103 cm³/mol. The number of rotatable bonds is 6. The van der Waals surface area contributed by atoms with Gasteiger partial charge in [-0.3, -0.25) is 4.79 Å². The lowest BCUT2D eigenvalue weighted by Crippen LogP contribution is -2.48. The number of benzene rings is 1. The number of nitriles is 1. The van der Waals surface area contributed by atoms with Gasteiger partial charge in [0.1, 0.15) is 18.4 Å². The summed E-state index contributed by atoms with van der Waals surface area (Å²) in [5.41, 5.74) is 0.721. The van der Waals surface area contributed by atoms with Crippen molar-refractivity contribution in [3.8, 4) is 17.6 Å². The van der Waals surface area contributed by atoms with Crippen LogP contribution in [0.15, 0.2) is 36.4 Å². The molecule has 0 unspecified atom stereocenters. The number of nitrogens with zero attached hydrogens (tertiary/aromatic N) is 7. The molecule has 1 saturated heterocycles. The molecule has 12 heteroatoms. The normalized spacial score (nSPS) is 13.7. The molecule has 4 rings (SSSR count). The smallest absolute Gasteiger partial charge is 0.263 e. The molecular weight excluding hydrogens is 410 g/mol. The molecule has 0 spiro atoms. The first-order chi connectivity index (χ1) is 15.0. The van der Waals surface area contributed by atoms with Crippen molar-refractivity contribution in [2.75, 3.05) is 24.5 Å². The first-order valence-electron chi connectivity index (χ1n) is 9.26. The minimum atomic E-state index is -2.58. The van der Waals surface area contributed by atoms with E-state index in [0.717, 1.165) is 0 Å². The molecule has 1 amide bonds. The summed E-state index contributed by atoms with van der Waals surface area (Å²) in [5, 5.41) is 27.9. The van der Waals surface area contributed by atoms with Crippen molar-refractivity contribution in [1.29, 1.82) is 5.26 Å². The average molecular weight is 426 g/mol. The molecule has 0 atom stereocenters. The molecule has 0 radical (unpaired) electrons. The van der Waals surface area contributed by atoms with E-state index in [1.165, 1.54) is 28.9 Å². The molecule has 10 nitrogen and oxygen atoms in total. The molecule has 3 heterocycles. The quantitative estimate of drug-likeness (QED) is 0.627. The van der Waals surface area contributed by atoms with Gasteiger partial charge in [-0.1, -0.05) is 17.3 Å². The molecule has 1 aliphatic rings. The van der Waals surface area contributed by atoms with Crippen molar-refractivity contribution < 1.29 is 18.3 Å². The van der Waals surface area contributed by atoms with E-state index in [2.05, 4.69) is 25.8 Å². The van der Waals surface area contributed by atoms with E-state index in [4.69, 9.17) is 4.74 Å². The average Bonchev–Trinajstić information content (AvgIpc) is 3.21. The Morgan fingerprint density at radius 3 is 2.61 bits per heavy atom. The standard InChI is InChI=1S/C19H16F2N8O2/c20-19(21)12-1-3-13(4-2-12)29-15(14(9-22)24-27-29)11-31-18-6-5-16(25-26-18)28-8-7-23-17(30)10-28/h1-6,19H,7-8,10-11H2,(H,23,30). The van der Waals surface area contributed by atoms with E-state index in [1.54, 1.807) is 17.0 Å². The Kier molecular flexibility index (Phi) is 5.65. The third kappa shape index (κ3) is 4.40. The van der Waals surface area contributed by atoms with Crippen molar-refractivity contribution in [1.82, 2.24) is 30.5 Å². The Labute approximate surface area is 175 Å². The molecule has 1 aliphatic heterocycles.